The van der Waals surface area contributed by atoms with Gasteiger partial charge in [0, 0.05) is 10.6 Å². The van der Waals surface area contributed by atoms with E-state index in [9.17, 15) is 17.6 Å². The van der Waals surface area contributed by atoms with Crippen LogP contribution in [0.1, 0.15) is 0 Å². The van der Waals surface area contributed by atoms with E-state index in [1.165, 1.54) is 12.2 Å². The fourth-order valence-corrected chi connectivity index (χ4v) is 4.26. The number of allylic oxidation sites excluding steroid dienone is 4. The predicted molar refractivity (Wildman–Crippen MR) is 60.1 cm³/mol. The van der Waals surface area contributed by atoms with Gasteiger partial charge in [-0.15, -0.1) is 0 Å². The number of halogens is 5. The minimum atomic E-state index is -4.93. The van der Waals surface area contributed by atoms with Crippen LogP contribution in [0.2, 0.25) is 25.2 Å². The van der Waals surface area contributed by atoms with Gasteiger partial charge < -0.3 is 0 Å². The zero-order valence-electron chi connectivity index (χ0n) is 9.20. The van der Waals surface area contributed by atoms with Gasteiger partial charge in [-0.3, -0.25) is 0 Å². The van der Waals surface area contributed by atoms with Gasteiger partial charge in [0.05, 0.1) is 8.07 Å². The Hall–Kier alpha value is -0.293. The van der Waals surface area contributed by atoms with Crippen molar-refractivity contribution in [3.63, 3.8) is 0 Å². The molecule has 0 nitrogen and oxygen atoms in total. The topological polar surface area (TPSA) is 0 Å². The first-order chi connectivity index (χ1) is 6.98. The molecule has 0 fully saturated rings. The Morgan fingerprint density at radius 2 is 1.81 bits per heavy atom. The lowest BCUT2D eigenvalue weighted by molar-refractivity contribution is -0.211. The zero-order chi connectivity index (χ0) is 12.8. The van der Waals surface area contributed by atoms with E-state index in [1.54, 1.807) is 19.6 Å². The predicted octanol–water partition coefficient (Wildman–Crippen LogP) is 4.66. The second kappa shape index (κ2) is 3.87. The summed E-state index contributed by atoms with van der Waals surface area (Å²) in [5, 5.41) is -0.200. The maximum Gasteiger partial charge on any atom is 0.426 e. The van der Waals surface area contributed by atoms with Gasteiger partial charge in [-0.2, -0.15) is 13.2 Å². The molecular weight excluding hydrogens is 260 g/mol. The summed E-state index contributed by atoms with van der Waals surface area (Å²) < 4.78 is 52.6. The van der Waals surface area contributed by atoms with Crippen LogP contribution in [0.25, 0.3) is 0 Å². The summed E-state index contributed by atoms with van der Waals surface area (Å²) in [6.07, 6.45) is -1.85. The molecule has 16 heavy (non-hydrogen) atoms. The molecule has 0 spiro atoms. The molecule has 0 amide bonds. The Labute approximate surface area is 98.0 Å². The highest BCUT2D eigenvalue weighted by Crippen LogP contribution is 2.51. The van der Waals surface area contributed by atoms with Crippen molar-refractivity contribution in [2.75, 3.05) is 0 Å². The smallest absolute Gasteiger partial charge is 0.229 e. The third kappa shape index (κ3) is 2.35. The van der Waals surface area contributed by atoms with Crippen molar-refractivity contribution in [1.29, 1.82) is 0 Å². The fourth-order valence-electron chi connectivity index (χ4n) is 1.84. The van der Waals surface area contributed by atoms with E-state index in [-0.39, 0.29) is 5.03 Å². The van der Waals surface area contributed by atoms with Crippen molar-refractivity contribution in [3.05, 3.63) is 23.3 Å². The van der Waals surface area contributed by atoms with Crippen molar-refractivity contribution in [2.45, 2.75) is 37.0 Å². The molecule has 2 unspecified atom stereocenters. The molecule has 0 saturated carbocycles. The Morgan fingerprint density at radius 3 is 2.19 bits per heavy atom. The van der Waals surface area contributed by atoms with Gasteiger partial charge >= 0.3 is 6.18 Å². The highest BCUT2D eigenvalue weighted by Gasteiger charge is 2.62. The number of alkyl halides is 4. The van der Waals surface area contributed by atoms with Gasteiger partial charge in [0.15, 0.2) is 0 Å². The van der Waals surface area contributed by atoms with Crippen LogP contribution >= 0.6 is 11.6 Å². The van der Waals surface area contributed by atoms with E-state index in [2.05, 4.69) is 0 Å². The molecule has 1 rings (SSSR count). The maximum absolute atomic E-state index is 14.2. The monoisotopic (exact) mass is 272 g/mol. The van der Waals surface area contributed by atoms with E-state index in [0.717, 1.165) is 0 Å². The lowest BCUT2D eigenvalue weighted by atomic mass is 9.96. The first-order valence-corrected chi connectivity index (χ1v) is 8.76. The molecule has 0 N–H and O–H groups in total. The Kier molecular flexibility index (Phi) is 3.33. The van der Waals surface area contributed by atoms with Gasteiger partial charge in [0.2, 0.25) is 5.67 Å². The minimum Gasteiger partial charge on any atom is -0.229 e. The summed E-state index contributed by atoms with van der Waals surface area (Å²) in [5.74, 6) is 0. The summed E-state index contributed by atoms with van der Waals surface area (Å²) >= 11 is 5.47. The molecule has 0 bridgehead atoms. The lowest BCUT2D eigenvalue weighted by Gasteiger charge is -2.40. The van der Waals surface area contributed by atoms with E-state index in [0.29, 0.717) is 6.08 Å². The third-order valence-corrected chi connectivity index (χ3v) is 5.33. The van der Waals surface area contributed by atoms with Crippen molar-refractivity contribution in [1.82, 2.24) is 0 Å². The molecule has 0 aromatic rings. The van der Waals surface area contributed by atoms with Gasteiger partial charge in [-0.25, -0.2) is 4.39 Å². The van der Waals surface area contributed by atoms with E-state index in [4.69, 9.17) is 11.6 Å². The van der Waals surface area contributed by atoms with Crippen LogP contribution in [-0.4, -0.2) is 19.9 Å². The number of hydrogen-bond donors (Lipinski definition) is 0. The van der Waals surface area contributed by atoms with E-state index < -0.39 is 25.5 Å². The third-order valence-electron chi connectivity index (χ3n) is 2.62. The molecule has 6 heteroatoms. The van der Waals surface area contributed by atoms with Crippen molar-refractivity contribution < 1.29 is 17.6 Å². The van der Waals surface area contributed by atoms with Crippen molar-refractivity contribution in [3.8, 4) is 0 Å². The van der Waals surface area contributed by atoms with Crippen LogP contribution in [0.4, 0.5) is 17.6 Å². The summed E-state index contributed by atoms with van der Waals surface area (Å²) in [6, 6.07) is 0. The normalized spacial score (nSPS) is 31.5. The maximum atomic E-state index is 14.2. The van der Waals surface area contributed by atoms with Crippen LogP contribution < -0.4 is 0 Å². The molecule has 0 aromatic heterocycles. The van der Waals surface area contributed by atoms with Crippen molar-refractivity contribution >= 4 is 19.7 Å². The molecule has 0 radical (unpaired) electrons. The van der Waals surface area contributed by atoms with Gasteiger partial charge in [-0.1, -0.05) is 37.3 Å². The fraction of sp³-hybridized carbons (Fsp3) is 0.600. The molecule has 0 aliphatic heterocycles. The molecular formula is C10H13ClF4Si. The van der Waals surface area contributed by atoms with Crippen LogP contribution in [0.3, 0.4) is 0 Å². The summed E-state index contributed by atoms with van der Waals surface area (Å²) in [6.45, 7) is 5.11. The summed E-state index contributed by atoms with van der Waals surface area (Å²) in [7, 11) is -2.32. The molecule has 1 aliphatic carbocycles. The average Bonchev–Trinajstić information content (AvgIpc) is 1.98. The van der Waals surface area contributed by atoms with E-state index in [1.807, 2.05) is 0 Å². The Balaban J connectivity index is 3.26. The van der Waals surface area contributed by atoms with Crippen LogP contribution in [0.15, 0.2) is 23.3 Å². The minimum absolute atomic E-state index is 0.200. The first-order valence-electron chi connectivity index (χ1n) is 4.80. The Morgan fingerprint density at radius 1 is 1.31 bits per heavy atom. The summed E-state index contributed by atoms with van der Waals surface area (Å²) in [4.78, 5) is 0. The average molecular weight is 273 g/mol. The molecule has 0 heterocycles. The first kappa shape index (κ1) is 13.8. The second-order valence-corrected chi connectivity index (χ2v) is 10.8. The Bertz CT molecular complexity index is 340. The molecule has 2 atom stereocenters. The van der Waals surface area contributed by atoms with Crippen LogP contribution in [-0.2, 0) is 0 Å². The highest BCUT2D eigenvalue weighted by molar-refractivity contribution is 6.78. The lowest BCUT2D eigenvalue weighted by Crippen LogP contribution is -2.51. The second-order valence-electron chi connectivity index (χ2n) is 5.00. The zero-order valence-corrected chi connectivity index (χ0v) is 11.0. The molecule has 0 saturated heterocycles. The number of rotatable bonds is 1. The van der Waals surface area contributed by atoms with E-state index >= 15 is 0 Å². The summed E-state index contributed by atoms with van der Waals surface area (Å²) in [5.41, 5.74) is -4.47. The molecule has 1 aliphatic rings. The largest absolute Gasteiger partial charge is 0.426 e. The SMILES string of the molecule is C[Si](C)(C)C1C=CC(Cl)=CC1(F)C(F)(F)F. The van der Waals surface area contributed by atoms with Crippen molar-refractivity contribution in [2.24, 2.45) is 0 Å². The molecule has 0 aromatic carbocycles. The highest BCUT2D eigenvalue weighted by atomic mass is 35.5. The standard InChI is InChI=1S/C10H13ClF4Si/c1-16(2,3)8-5-4-7(11)6-9(8,12)10(13,14)15/h4-6,8H,1-3H3. The quantitative estimate of drug-likeness (QED) is 0.481. The van der Waals surface area contributed by atoms with Gasteiger partial charge in [-0.05, 0) is 12.2 Å². The molecule has 92 valence electrons. The number of hydrogen-bond acceptors (Lipinski definition) is 0. The van der Waals surface area contributed by atoms with Crippen LogP contribution in [0, 0.1) is 0 Å². The van der Waals surface area contributed by atoms with Crippen LogP contribution in [0.5, 0.6) is 0 Å². The van der Waals surface area contributed by atoms with Gasteiger partial charge in [0.1, 0.15) is 0 Å². The van der Waals surface area contributed by atoms with Gasteiger partial charge in [0.25, 0.3) is 0 Å².